The van der Waals surface area contributed by atoms with Crippen LogP contribution < -0.4 is 0 Å². The molecule has 5 saturated heterocycles. The normalized spacial score (nSPS) is 38.2. The number of aliphatic hydroxyl groups excluding tert-OH is 17. The Kier molecular flexibility index (Phi) is 37.3. The van der Waals surface area contributed by atoms with E-state index in [1.165, 1.54) is 58.9 Å². The summed E-state index contributed by atoms with van der Waals surface area (Å²) < 4.78 is 33.9. The average Bonchev–Trinajstić information content (AvgIpc) is 0.775. The largest absolute Gasteiger partial charge is 0.459 e. The molecule has 33 unspecified atom stereocenters. The lowest BCUT2D eigenvalue weighted by molar-refractivity contribution is -0.317. The van der Waals surface area contributed by atoms with Crippen molar-refractivity contribution in [2.75, 3.05) is 0 Å². The van der Waals surface area contributed by atoms with E-state index in [1.807, 2.05) is 0 Å². The fraction of sp³-hybridized carbons (Fsp3) is 0.821. The summed E-state index contributed by atoms with van der Waals surface area (Å²) in [6.07, 6.45) is -28.4. The first-order chi connectivity index (χ1) is 50.7. The van der Waals surface area contributed by atoms with E-state index in [-0.39, 0.29) is 113 Å². The highest BCUT2D eigenvalue weighted by molar-refractivity contribution is 6.24. The Morgan fingerprint density at radius 3 is 1.77 bits per heavy atom. The fourth-order valence-electron chi connectivity index (χ4n) is 15.4. The molecule has 31 nitrogen and oxygen atoms in total. The van der Waals surface area contributed by atoms with Gasteiger partial charge in [-0.2, -0.15) is 0 Å². The van der Waals surface area contributed by atoms with Crippen molar-refractivity contribution < 1.29 is 154 Å². The van der Waals surface area contributed by atoms with Crippen LogP contribution >= 0.6 is 0 Å². The highest BCUT2D eigenvalue weighted by Gasteiger charge is 2.57. The number of carbonyl (C=O) groups is 6. The zero-order valence-corrected chi connectivity index (χ0v) is 65.0. The van der Waals surface area contributed by atoms with Gasteiger partial charge in [0, 0.05) is 72.0 Å². The third-order valence-corrected chi connectivity index (χ3v) is 23.1. The van der Waals surface area contributed by atoms with Crippen molar-refractivity contribution in [2.24, 2.45) is 41.4 Å². The van der Waals surface area contributed by atoms with E-state index < -0.39 is 236 Å². The molecule has 5 aliphatic heterocycles. The summed E-state index contributed by atoms with van der Waals surface area (Å²) in [5, 5.41) is 206. The second-order valence-corrected chi connectivity index (χ2v) is 32.3. The Bertz CT molecular complexity index is 3060. The van der Waals surface area contributed by atoms with E-state index in [0.29, 0.717) is 30.4 Å². The number of benzene rings is 1. The molecule has 33 atom stereocenters. The van der Waals surface area contributed by atoms with Gasteiger partial charge >= 0.3 is 17.9 Å². The molecular weight excluding hydrogens is 1430 g/mol. The molecule has 7 rings (SSSR count). The zero-order chi connectivity index (χ0) is 82.2. The van der Waals surface area contributed by atoms with Gasteiger partial charge in [0.1, 0.15) is 36.6 Å². The van der Waals surface area contributed by atoms with Gasteiger partial charge in [-0.05, 0) is 154 Å². The lowest BCUT2D eigenvalue weighted by atomic mass is 9.76. The maximum Gasteiger partial charge on any atom is 0.349 e. The molecule has 0 amide bonds. The SMILES string of the molecule is CC1=CC(=O)c2cc(C(O)C(C)C(=O)OC3CCC(OC4C(C)OC(O)CC4(C)O)OC3C)ccc2C1=O.CCC(O)C(C)C(O)C(C)C(O)C(C)C(O)C(C)C1OC(=O)CC(O)C(C)C(O)CC(O)CCCC(O)CCC(C)C(O)C2(O)C(=O)CC(CC(O)CC(O)CC(O)CC(O)CCCC(O)C1O)OC2=O. The summed E-state index contributed by atoms with van der Waals surface area (Å²) in [5.74, 6) is -11.3. The van der Waals surface area contributed by atoms with Crippen molar-refractivity contribution in [3.63, 3.8) is 0 Å². The summed E-state index contributed by atoms with van der Waals surface area (Å²) in [7, 11) is 0. The average molecular weight is 1560 g/mol. The van der Waals surface area contributed by atoms with Crippen molar-refractivity contribution in [2.45, 2.75) is 363 Å². The summed E-state index contributed by atoms with van der Waals surface area (Å²) in [5.41, 5.74) is -3.04. The summed E-state index contributed by atoms with van der Waals surface area (Å²) >= 11 is 0. The minimum Gasteiger partial charge on any atom is -0.459 e. The maximum atomic E-state index is 13.5. The molecule has 0 saturated carbocycles. The first-order valence-corrected chi connectivity index (χ1v) is 38.8. The molecule has 2 bridgehead atoms. The predicted molar refractivity (Wildman–Crippen MR) is 387 cm³/mol. The standard InChI is InChI=1S/C50H92O21.C28H36O10/c1-8-37(57)26(4)43(63)27(5)44(64)28(6)45(65)29(7)47-46(66)38(58)14-10-13-31(52)17-33(54)18-34(55)19-35(56)20-36-22-41(61)50(69,49(68)70-36)48(67)24(2)15-16-30(51)11-9-12-32(53)21-39(59)25(3)40(60)23-42(62)71-47;1-13-10-20(29)19-11-17(6-7-18(19)24(13)31)25(32)14(2)27(33)37-21-8-9-23(36-15(21)3)38-26-16(4)35-22(30)12-28(26,5)34/h24-40,43-48,51-60,63-67,69H,8-23H2,1-7H3;6-7,10-11,14-16,21-23,25-26,30,32,34H,8-9,12H2,1-5H3. The fourth-order valence-corrected chi connectivity index (χ4v) is 15.4. The lowest BCUT2D eigenvalue weighted by Gasteiger charge is -2.45. The van der Waals surface area contributed by atoms with Crippen LogP contribution in [0, 0.1) is 41.4 Å². The number of Topliss-reactive ketones (excluding diaryl/α,β-unsaturated/α-hetero) is 2. The number of fused-ring (bicyclic) bond motifs is 32. The zero-order valence-electron chi connectivity index (χ0n) is 65.0. The van der Waals surface area contributed by atoms with Gasteiger partial charge in [-0.25, -0.2) is 4.79 Å². The number of carbonyl (C=O) groups excluding carboxylic acids is 6. The maximum absolute atomic E-state index is 13.5. The highest BCUT2D eigenvalue weighted by Crippen LogP contribution is 2.38. The molecule has 1 aromatic carbocycles. The van der Waals surface area contributed by atoms with Gasteiger partial charge in [-0.15, -0.1) is 0 Å². The van der Waals surface area contributed by atoms with E-state index >= 15 is 0 Å². The molecule has 6 aliphatic rings. The summed E-state index contributed by atoms with van der Waals surface area (Å²) in [4.78, 5) is 77.2. The summed E-state index contributed by atoms with van der Waals surface area (Å²) in [6.45, 7) is 18.8. The Balaban J connectivity index is 0.000000466. The van der Waals surface area contributed by atoms with Crippen LogP contribution in [0.2, 0.25) is 0 Å². The second kappa shape index (κ2) is 42.7. The number of ether oxygens (including phenoxy) is 6. The van der Waals surface area contributed by atoms with Crippen LogP contribution in [0.3, 0.4) is 0 Å². The van der Waals surface area contributed by atoms with Crippen LogP contribution in [-0.4, -0.2) is 284 Å². The van der Waals surface area contributed by atoms with Gasteiger partial charge < -0.3 is 125 Å². The number of aliphatic hydroxyl groups is 19. The van der Waals surface area contributed by atoms with E-state index in [4.69, 9.17) is 28.4 Å². The number of rotatable bonds is 15. The van der Waals surface area contributed by atoms with Crippen molar-refractivity contribution >= 4 is 35.3 Å². The van der Waals surface area contributed by atoms with E-state index in [9.17, 15) is 126 Å². The van der Waals surface area contributed by atoms with Crippen molar-refractivity contribution in [1.29, 1.82) is 0 Å². The van der Waals surface area contributed by atoms with E-state index in [1.54, 1.807) is 48.5 Å². The first kappa shape index (κ1) is 95.1. The van der Waals surface area contributed by atoms with Gasteiger partial charge in [-0.1, -0.05) is 54.5 Å². The Labute approximate surface area is 638 Å². The molecule has 0 radical (unpaired) electrons. The molecule has 5 fully saturated rings. The van der Waals surface area contributed by atoms with E-state index in [2.05, 4.69) is 0 Å². The van der Waals surface area contributed by atoms with Gasteiger partial charge in [-0.3, -0.25) is 24.0 Å². The summed E-state index contributed by atoms with van der Waals surface area (Å²) in [6, 6.07) is 4.48. The second-order valence-electron chi connectivity index (χ2n) is 32.3. The van der Waals surface area contributed by atoms with Crippen LogP contribution in [0.25, 0.3) is 0 Å². The van der Waals surface area contributed by atoms with Crippen LogP contribution in [0.4, 0.5) is 0 Å². The van der Waals surface area contributed by atoms with Gasteiger partial charge in [0.2, 0.25) is 5.60 Å². The lowest BCUT2D eigenvalue weighted by Crippen LogP contribution is -2.63. The Morgan fingerprint density at radius 1 is 0.606 bits per heavy atom. The molecule has 5 heterocycles. The van der Waals surface area contributed by atoms with Crippen LogP contribution in [0.5, 0.6) is 0 Å². The molecular formula is C78H128O31. The van der Waals surface area contributed by atoms with E-state index in [0.717, 1.165) is 0 Å². The minimum absolute atomic E-state index is 0.00969. The molecule has 1 aliphatic carbocycles. The predicted octanol–water partition coefficient (Wildman–Crippen LogP) is 1.01. The number of ketones is 3. The van der Waals surface area contributed by atoms with Crippen molar-refractivity contribution in [3.05, 3.63) is 46.5 Å². The molecule has 31 heteroatoms. The van der Waals surface area contributed by atoms with Gasteiger partial charge in [0.25, 0.3) is 0 Å². The van der Waals surface area contributed by atoms with Crippen molar-refractivity contribution in [1.82, 2.24) is 0 Å². The minimum atomic E-state index is -2.90. The molecule has 1 aromatic rings. The third kappa shape index (κ3) is 26.3. The number of esters is 3. The Hall–Kier alpha value is -4.50. The number of allylic oxidation sites excluding steroid dienone is 2. The molecule has 19 N–H and O–H groups in total. The molecule has 0 aromatic heterocycles. The first-order valence-electron chi connectivity index (χ1n) is 38.8. The van der Waals surface area contributed by atoms with Gasteiger partial charge in [0.15, 0.2) is 29.9 Å². The smallest absolute Gasteiger partial charge is 0.349 e. The molecule has 109 heavy (non-hydrogen) atoms. The third-order valence-electron chi connectivity index (χ3n) is 23.1. The van der Waals surface area contributed by atoms with Crippen LogP contribution in [0.15, 0.2) is 29.8 Å². The van der Waals surface area contributed by atoms with Crippen LogP contribution in [0.1, 0.15) is 237 Å². The van der Waals surface area contributed by atoms with Crippen molar-refractivity contribution in [3.8, 4) is 0 Å². The van der Waals surface area contributed by atoms with Gasteiger partial charge in [0.05, 0.1) is 116 Å². The number of hydrogen-bond donors (Lipinski definition) is 19. The highest BCUT2D eigenvalue weighted by atomic mass is 16.7. The monoisotopic (exact) mass is 1560 g/mol. The number of hydrogen-bond acceptors (Lipinski definition) is 31. The van der Waals surface area contributed by atoms with Crippen LogP contribution in [-0.2, 0) is 47.6 Å². The molecule has 626 valence electrons. The quantitative estimate of drug-likeness (QED) is 0.0662. The Morgan fingerprint density at radius 2 is 1.17 bits per heavy atom. The molecule has 0 spiro atoms. The topological polar surface area (TPSA) is 542 Å².